The van der Waals surface area contributed by atoms with Crippen molar-refractivity contribution in [3.63, 3.8) is 0 Å². The molecule has 0 saturated carbocycles. The Hall–Kier alpha value is -3.90. The average molecular weight is 481 g/mol. The molecule has 0 aliphatic carbocycles. The van der Waals surface area contributed by atoms with E-state index in [1.165, 1.54) is 16.7 Å². The summed E-state index contributed by atoms with van der Waals surface area (Å²) < 4.78 is 7.56. The molecular formula is C30H32N4O2. The van der Waals surface area contributed by atoms with E-state index in [4.69, 9.17) is 4.74 Å². The number of aromatic nitrogens is 2. The molecule has 6 nitrogen and oxygen atoms in total. The smallest absolute Gasteiger partial charge is 0.410 e. The quantitative estimate of drug-likeness (QED) is 0.370. The fraction of sp³-hybridized carbons (Fsp3) is 0.267. The van der Waals surface area contributed by atoms with Crippen LogP contribution in [0.15, 0.2) is 103 Å². The van der Waals surface area contributed by atoms with Crippen molar-refractivity contribution in [1.29, 1.82) is 0 Å². The van der Waals surface area contributed by atoms with E-state index < -0.39 is 0 Å². The summed E-state index contributed by atoms with van der Waals surface area (Å²) in [5, 5.41) is 4.37. The zero-order valence-corrected chi connectivity index (χ0v) is 20.6. The van der Waals surface area contributed by atoms with Crippen LogP contribution < -0.4 is 0 Å². The van der Waals surface area contributed by atoms with Gasteiger partial charge in [-0.3, -0.25) is 9.58 Å². The van der Waals surface area contributed by atoms with Crippen molar-refractivity contribution in [2.45, 2.75) is 25.1 Å². The Morgan fingerprint density at radius 2 is 1.50 bits per heavy atom. The van der Waals surface area contributed by atoms with Gasteiger partial charge in [0.05, 0.1) is 6.20 Å². The van der Waals surface area contributed by atoms with E-state index in [2.05, 4.69) is 64.7 Å². The molecule has 4 aromatic rings. The van der Waals surface area contributed by atoms with E-state index in [0.29, 0.717) is 13.1 Å². The monoisotopic (exact) mass is 480 g/mol. The molecular weight excluding hydrogens is 448 g/mol. The maximum absolute atomic E-state index is 13.2. The van der Waals surface area contributed by atoms with Crippen LogP contribution in [0.4, 0.5) is 4.79 Å². The third-order valence-corrected chi connectivity index (χ3v) is 6.84. The van der Waals surface area contributed by atoms with Gasteiger partial charge >= 0.3 is 6.09 Å². The van der Waals surface area contributed by atoms with Gasteiger partial charge in [0.1, 0.15) is 6.61 Å². The molecule has 1 fully saturated rings. The molecule has 36 heavy (non-hydrogen) atoms. The molecule has 1 aliphatic heterocycles. The van der Waals surface area contributed by atoms with E-state index in [0.717, 1.165) is 18.7 Å². The van der Waals surface area contributed by atoms with Gasteiger partial charge < -0.3 is 9.64 Å². The fourth-order valence-electron chi connectivity index (χ4n) is 5.08. The zero-order valence-electron chi connectivity index (χ0n) is 20.6. The Morgan fingerprint density at radius 3 is 2.08 bits per heavy atom. The summed E-state index contributed by atoms with van der Waals surface area (Å²) >= 11 is 0. The molecule has 1 aliphatic rings. The number of benzene rings is 3. The molecule has 1 atom stereocenters. The third kappa shape index (κ3) is 5.66. The van der Waals surface area contributed by atoms with Crippen LogP contribution in [-0.4, -0.2) is 51.3 Å². The van der Waals surface area contributed by atoms with Crippen molar-refractivity contribution in [3.05, 3.63) is 126 Å². The number of ether oxygens (including phenoxy) is 1. The number of piperazine rings is 1. The molecule has 0 unspecified atom stereocenters. The zero-order chi connectivity index (χ0) is 24.7. The number of aryl methyl sites for hydroxylation is 1. The second-order valence-electron chi connectivity index (χ2n) is 9.35. The van der Waals surface area contributed by atoms with Crippen molar-refractivity contribution in [3.8, 4) is 0 Å². The van der Waals surface area contributed by atoms with Crippen molar-refractivity contribution < 1.29 is 9.53 Å². The molecule has 0 N–H and O–H groups in total. The summed E-state index contributed by atoms with van der Waals surface area (Å²) in [6.07, 6.45) is 3.74. The summed E-state index contributed by atoms with van der Waals surface area (Å²) in [5.41, 5.74) is 4.64. The van der Waals surface area contributed by atoms with Crippen LogP contribution >= 0.6 is 0 Å². The minimum absolute atomic E-state index is 0.0769. The van der Waals surface area contributed by atoms with E-state index in [-0.39, 0.29) is 24.7 Å². The first-order valence-corrected chi connectivity index (χ1v) is 12.4. The van der Waals surface area contributed by atoms with Crippen LogP contribution in [-0.2, 0) is 24.9 Å². The molecule has 0 spiro atoms. The summed E-state index contributed by atoms with van der Waals surface area (Å²) in [6, 6.07) is 31.1. The van der Waals surface area contributed by atoms with Gasteiger partial charge in [-0.05, 0) is 16.7 Å². The Balaban J connectivity index is 1.42. The molecule has 6 heteroatoms. The maximum atomic E-state index is 13.2. The van der Waals surface area contributed by atoms with Gasteiger partial charge in [-0.2, -0.15) is 5.10 Å². The van der Waals surface area contributed by atoms with Crippen LogP contribution in [0.25, 0.3) is 0 Å². The lowest BCUT2D eigenvalue weighted by molar-refractivity contribution is 0.0390. The number of amides is 1. The highest BCUT2D eigenvalue weighted by atomic mass is 16.6. The van der Waals surface area contributed by atoms with Gasteiger partial charge in [-0.25, -0.2) is 4.79 Å². The predicted molar refractivity (Wildman–Crippen MR) is 140 cm³/mol. The highest BCUT2D eigenvalue weighted by molar-refractivity contribution is 5.68. The largest absolute Gasteiger partial charge is 0.445 e. The van der Waals surface area contributed by atoms with Crippen LogP contribution in [0.5, 0.6) is 0 Å². The minimum Gasteiger partial charge on any atom is -0.445 e. The number of hydrogen-bond donors (Lipinski definition) is 0. The molecule has 1 aromatic heterocycles. The summed E-state index contributed by atoms with van der Waals surface area (Å²) in [6.45, 7) is 3.03. The molecule has 3 aromatic carbocycles. The van der Waals surface area contributed by atoms with Gasteiger partial charge in [0.2, 0.25) is 0 Å². The second-order valence-corrected chi connectivity index (χ2v) is 9.35. The van der Waals surface area contributed by atoms with E-state index >= 15 is 0 Å². The highest BCUT2D eigenvalue weighted by Crippen LogP contribution is 2.34. The van der Waals surface area contributed by atoms with Crippen LogP contribution in [0, 0.1) is 0 Å². The first-order valence-electron chi connectivity index (χ1n) is 12.4. The van der Waals surface area contributed by atoms with E-state index in [1.54, 1.807) is 0 Å². The molecule has 1 amide bonds. The number of carbonyl (C=O) groups excluding carboxylic acids is 1. The lowest BCUT2D eigenvalue weighted by atomic mass is 9.83. The van der Waals surface area contributed by atoms with Gasteiger partial charge in [-0.15, -0.1) is 0 Å². The Morgan fingerprint density at radius 1 is 0.889 bits per heavy atom. The van der Waals surface area contributed by atoms with Gasteiger partial charge in [0, 0.05) is 56.9 Å². The van der Waals surface area contributed by atoms with Crippen molar-refractivity contribution >= 4 is 6.09 Å². The summed E-state index contributed by atoms with van der Waals surface area (Å²) in [5.74, 6) is 0.105. The standard InChI is InChI=1S/C30H32N4O2/c1-32-20-25(19-31-32)21-33-17-18-34(30(35)36-23-24-11-5-2-6-12-24)22-28(33)29(26-13-7-3-8-14-26)27-15-9-4-10-16-27/h2-16,19-20,28-29H,17-18,21-23H2,1H3/t28-/m0/s1. The Kier molecular flexibility index (Phi) is 7.43. The maximum Gasteiger partial charge on any atom is 0.410 e. The van der Waals surface area contributed by atoms with Crippen molar-refractivity contribution in [2.24, 2.45) is 7.05 Å². The SMILES string of the molecule is Cn1cc(CN2CCN(C(=O)OCc3ccccc3)C[C@H]2C(c2ccccc2)c2ccccc2)cn1. The highest BCUT2D eigenvalue weighted by Gasteiger charge is 2.37. The first kappa shape index (κ1) is 23.8. The summed E-state index contributed by atoms with van der Waals surface area (Å²) in [7, 11) is 1.94. The fourth-order valence-corrected chi connectivity index (χ4v) is 5.08. The first-order chi connectivity index (χ1) is 17.7. The Bertz CT molecular complexity index is 1200. The summed E-state index contributed by atoms with van der Waals surface area (Å²) in [4.78, 5) is 17.5. The number of hydrogen-bond acceptors (Lipinski definition) is 4. The lowest BCUT2D eigenvalue weighted by Gasteiger charge is -2.44. The molecule has 184 valence electrons. The van der Waals surface area contributed by atoms with Gasteiger partial charge in [0.15, 0.2) is 0 Å². The molecule has 2 heterocycles. The van der Waals surface area contributed by atoms with Crippen molar-refractivity contribution in [1.82, 2.24) is 19.6 Å². The Labute approximate surface area is 212 Å². The van der Waals surface area contributed by atoms with Crippen LogP contribution in [0.2, 0.25) is 0 Å². The lowest BCUT2D eigenvalue weighted by Crippen LogP contribution is -2.56. The number of rotatable bonds is 7. The van der Waals surface area contributed by atoms with Gasteiger partial charge in [0.25, 0.3) is 0 Å². The van der Waals surface area contributed by atoms with E-state index in [1.807, 2.05) is 65.3 Å². The molecule has 0 bridgehead atoms. The van der Waals surface area contributed by atoms with Gasteiger partial charge in [-0.1, -0.05) is 91.0 Å². The molecule has 5 rings (SSSR count). The molecule has 1 saturated heterocycles. The topological polar surface area (TPSA) is 50.6 Å². The number of carbonyl (C=O) groups is 1. The van der Waals surface area contributed by atoms with Crippen molar-refractivity contribution in [2.75, 3.05) is 19.6 Å². The van der Waals surface area contributed by atoms with Crippen LogP contribution in [0.1, 0.15) is 28.2 Å². The molecule has 0 radical (unpaired) electrons. The van der Waals surface area contributed by atoms with E-state index in [9.17, 15) is 4.79 Å². The minimum atomic E-state index is -0.259. The third-order valence-electron chi connectivity index (χ3n) is 6.84. The predicted octanol–water partition coefficient (Wildman–Crippen LogP) is 5.08. The normalized spacial score (nSPS) is 16.3. The average Bonchev–Trinajstić information content (AvgIpc) is 3.34. The second kappa shape index (κ2) is 11.2. The number of nitrogens with zero attached hydrogens (tertiary/aromatic N) is 4. The van der Waals surface area contributed by atoms with Crippen LogP contribution in [0.3, 0.4) is 0 Å².